The highest BCUT2D eigenvalue weighted by Gasteiger charge is 2.13. The summed E-state index contributed by atoms with van der Waals surface area (Å²) < 4.78 is 0. The second kappa shape index (κ2) is 6.52. The SMILES string of the molecule is Cc1ccccc1Nc1cnnc(N2CCCCCC2)n1. The molecular formula is C16H21N5. The summed E-state index contributed by atoms with van der Waals surface area (Å²) in [4.78, 5) is 6.85. The molecule has 1 aromatic heterocycles. The fraction of sp³-hybridized carbons (Fsp3) is 0.438. The Kier molecular flexibility index (Phi) is 4.28. The van der Waals surface area contributed by atoms with Crippen LogP contribution in [0.1, 0.15) is 31.2 Å². The van der Waals surface area contributed by atoms with Gasteiger partial charge in [0.1, 0.15) is 0 Å². The third-order valence-electron chi connectivity index (χ3n) is 3.84. The van der Waals surface area contributed by atoms with E-state index in [9.17, 15) is 0 Å². The molecule has 1 fully saturated rings. The van der Waals surface area contributed by atoms with E-state index in [1.54, 1.807) is 6.20 Å². The fourth-order valence-electron chi connectivity index (χ4n) is 2.61. The van der Waals surface area contributed by atoms with Gasteiger partial charge in [0, 0.05) is 18.8 Å². The van der Waals surface area contributed by atoms with Gasteiger partial charge in [0.05, 0.1) is 6.20 Å². The molecule has 1 aromatic carbocycles. The Hall–Kier alpha value is -2.17. The van der Waals surface area contributed by atoms with Gasteiger partial charge in [0.2, 0.25) is 5.95 Å². The minimum Gasteiger partial charge on any atom is -0.339 e. The third-order valence-corrected chi connectivity index (χ3v) is 3.84. The fourth-order valence-corrected chi connectivity index (χ4v) is 2.61. The third kappa shape index (κ3) is 3.48. The van der Waals surface area contributed by atoms with E-state index in [1.165, 1.54) is 31.2 Å². The van der Waals surface area contributed by atoms with E-state index in [2.05, 4.69) is 38.4 Å². The van der Waals surface area contributed by atoms with Crippen molar-refractivity contribution in [2.75, 3.05) is 23.3 Å². The van der Waals surface area contributed by atoms with Gasteiger partial charge in [-0.05, 0) is 31.4 Å². The topological polar surface area (TPSA) is 53.9 Å². The Bertz CT molecular complexity index is 591. The van der Waals surface area contributed by atoms with E-state index in [0.29, 0.717) is 0 Å². The van der Waals surface area contributed by atoms with Crippen molar-refractivity contribution < 1.29 is 0 Å². The molecule has 0 aliphatic carbocycles. The van der Waals surface area contributed by atoms with Gasteiger partial charge in [0.15, 0.2) is 5.82 Å². The van der Waals surface area contributed by atoms with Crippen LogP contribution in [0, 0.1) is 6.92 Å². The molecule has 21 heavy (non-hydrogen) atoms. The van der Waals surface area contributed by atoms with Crippen LogP contribution in [0.5, 0.6) is 0 Å². The number of para-hydroxylation sites is 1. The van der Waals surface area contributed by atoms with Gasteiger partial charge in [-0.25, -0.2) is 0 Å². The van der Waals surface area contributed by atoms with E-state index in [-0.39, 0.29) is 0 Å². The standard InChI is InChI=1S/C16H21N5/c1-13-8-4-5-9-14(13)18-15-12-17-20-16(19-15)21-10-6-2-3-7-11-21/h4-5,8-9,12H,2-3,6-7,10-11H2,1H3,(H,18,19,20). The predicted molar refractivity (Wildman–Crippen MR) is 85.0 cm³/mol. The van der Waals surface area contributed by atoms with Gasteiger partial charge >= 0.3 is 0 Å². The summed E-state index contributed by atoms with van der Waals surface area (Å²) in [5.41, 5.74) is 2.24. The van der Waals surface area contributed by atoms with Crippen molar-refractivity contribution >= 4 is 17.5 Å². The van der Waals surface area contributed by atoms with Crippen LogP contribution in [-0.2, 0) is 0 Å². The number of rotatable bonds is 3. The van der Waals surface area contributed by atoms with Crippen molar-refractivity contribution in [1.82, 2.24) is 15.2 Å². The first-order chi connectivity index (χ1) is 10.3. The highest BCUT2D eigenvalue weighted by molar-refractivity contribution is 5.60. The molecule has 5 heteroatoms. The van der Waals surface area contributed by atoms with E-state index in [0.717, 1.165) is 30.5 Å². The Morgan fingerprint density at radius 1 is 1.05 bits per heavy atom. The smallest absolute Gasteiger partial charge is 0.247 e. The Labute approximate surface area is 125 Å². The summed E-state index contributed by atoms with van der Waals surface area (Å²) in [5, 5.41) is 11.6. The molecule has 5 nitrogen and oxygen atoms in total. The molecule has 1 saturated heterocycles. The van der Waals surface area contributed by atoms with Gasteiger partial charge in [-0.15, -0.1) is 5.10 Å². The molecule has 0 amide bonds. The summed E-state index contributed by atoms with van der Waals surface area (Å²) in [5.74, 6) is 1.48. The van der Waals surface area contributed by atoms with Gasteiger partial charge in [-0.2, -0.15) is 10.1 Å². The minimum absolute atomic E-state index is 0.732. The van der Waals surface area contributed by atoms with Crippen LogP contribution in [0.3, 0.4) is 0 Å². The number of nitrogens with one attached hydrogen (secondary N) is 1. The Morgan fingerprint density at radius 3 is 2.57 bits per heavy atom. The van der Waals surface area contributed by atoms with Crippen molar-refractivity contribution in [3.8, 4) is 0 Å². The van der Waals surface area contributed by atoms with Crippen LogP contribution in [-0.4, -0.2) is 28.3 Å². The summed E-state index contributed by atoms with van der Waals surface area (Å²) in [6.45, 7) is 4.12. The zero-order valence-electron chi connectivity index (χ0n) is 12.4. The van der Waals surface area contributed by atoms with E-state index in [4.69, 9.17) is 0 Å². The lowest BCUT2D eigenvalue weighted by Gasteiger charge is -2.19. The molecule has 0 radical (unpaired) electrons. The number of nitrogens with zero attached hydrogens (tertiary/aromatic N) is 4. The number of hydrogen-bond acceptors (Lipinski definition) is 5. The van der Waals surface area contributed by atoms with Crippen molar-refractivity contribution in [2.24, 2.45) is 0 Å². The van der Waals surface area contributed by atoms with Crippen LogP contribution in [0.15, 0.2) is 30.5 Å². The number of benzene rings is 1. The summed E-state index contributed by atoms with van der Waals surface area (Å²) in [6.07, 6.45) is 6.68. The quantitative estimate of drug-likeness (QED) is 0.936. The van der Waals surface area contributed by atoms with Crippen molar-refractivity contribution in [3.05, 3.63) is 36.0 Å². The van der Waals surface area contributed by atoms with Crippen LogP contribution in [0.25, 0.3) is 0 Å². The zero-order chi connectivity index (χ0) is 14.5. The van der Waals surface area contributed by atoms with Crippen LogP contribution >= 0.6 is 0 Å². The molecule has 0 unspecified atom stereocenters. The number of aryl methyl sites for hydroxylation is 1. The lowest BCUT2D eigenvalue weighted by Crippen LogP contribution is -2.26. The molecule has 2 aromatic rings. The van der Waals surface area contributed by atoms with Crippen LogP contribution in [0.4, 0.5) is 17.5 Å². The first-order valence-corrected chi connectivity index (χ1v) is 7.60. The highest BCUT2D eigenvalue weighted by Crippen LogP contribution is 2.20. The second-order valence-corrected chi connectivity index (χ2v) is 5.48. The molecule has 0 saturated carbocycles. The number of hydrogen-bond donors (Lipinski definition) is 1. The van der Waals surface area contributed by atoms with Crippen LogP contribution < -0.4 is 10.2 Å². The summed E-state index contributed by atoms with van der Waals surface area (Å²) in [6, 6.07) is 8.16. The predicted octanol–water partition coefficient (Wildman–Crippen LogP) is 3.30. The van der Waals surface area contributed by atoms with Gasteiger partial charge < -0.3 is 10.2 Å². The van der Waals surface area contributed by atoms with Gasteiger partial charge in [-0.3, -0.25) is 0 Å². The Morgan fingerprint density at radius 2 is 1.81 bits per heavy atom. The largest absolute Gasteiger partial charge is 0.339 e. The average Bonchev–Trinajstić information content (AvgIpc) is 2.79. The highest BCUT2D eigenvalue weighted by atomic mass is 15.3. The maximum atomic E-state index is 4.62. The molecule has 2 heterocycles. The van der Waals surface area contributed by atoms with Crippen LogP contribution in [0.2, 0.25) is 0 Å². The molecule has 0 atom stereocenters. The summed E-state index contributed by atoms with van der Waals surface area (Å²) in [7, 11) is 0. The van der Waals surface area contributed by atoms with Gasteiger partial charge in [0.25, 0.3) is 0 Å². The molecule has 1 aliphatic heterocycles. The van der Waals surface area contributed by atoms with Crippen molar-refractivity contribution in [2.45, 2.75) is 32.6 Å². The summed E-state index contributed by atoms with van der Waals surface area (Å²) >= 11 is 0. The van der Waals surface area contributed by atoms with E-state index in [1.807, 2.05) is 18.2 Å². The number of aromatic nitrogens is 3. The zero-order valence-corrected chi connectivity index (χ0v) is 12.4. The number of anilines is 3. The molecule has 1 N–H and O–H groups in total. The second-order valence-electron chi connectivity index (χ2n) is 5.48. The average molecular weight is 283 g/mol. The first-order valence-electron chi connectivity index (χ1n) is 7.60. The monoisotopic (exact) mass is 283 g/mol. The normalized spacial score (nSPS) is 15.6. The molecule has 110 valence electrons. The molecule has 0 spiro atoms. The minimum atomic E-state index is 0.732. The lowest BCUT2D eigenvalue weighted by molar-refractivity contribution is 0.726. The molecule has 3 rings (SSSR count). The van der Waals surface area contributed by atoms with E-state index >= 15 is 0 Å². The van der Waals surface area contributed by atoms with Gasteiger partial charge in [-0.1, -0.05) is 31.0 Å². The van der Waals surface area contributed by atoms with E-state index < -0.39 is 0 Å². The Balaban J connectivity index is 1.78. The molecular weight excluding hydrogens is 262 g/mol. The maximum Gasteiger partial charge on any atom is 0.247 e. The first kappa shape index (κ1) is 13.8. The van der Waals surface area contributed by atoms with Crippen molar-refractivity contribution in [3.63, 3.8) is 0 Å². The maximum absolute atomic E-state index is 4.62. The van der Waals surface area contributed by atoms with Crippen molar-refractivity contribution in [1.29, 1.82) is 0 Å². The molecule has 1 aliphatic rings. The molecule has 0 bridgehead atoms. The lowest BCUT2D eigenvalue weighted by atomic mass is 10.2.